The lowest BCUT2D eigenvalue weighted by Gasteiger charge is -2.28. The van der Waals surface area contributed by atoms with Crippen LogP contribution in [-0.2, 0) is 6.42 Å². The zero-order valence-corrected chi connectivity index (χ0v) is 10.4. The van der Waals surface area contributed by atoms with Crippen LogP contribution in [0.15, 0.2) is 10.5 Å². The van der Waals surface area contributed by atoms with Crippen LogP contribution in [0.1, 0.15) is 41.6 Å². The first-order valence-electron chi connectivity index (χ1n) is 6.18. The molecular weight excluding hydrogens is 218 g/mol. The van der Waals surface area contributed by atoms with Crippen LogP contribution in [-0.4, -0.2) is 35.1 Å². The predicted octanol–water partition coefficient (Wildman–Crippen LogP) is 1.75. The molecule has 1 aliphatic heterocycles. The third-order valence-electron chi connectivity index (χ3n) is 3.30. The van der Waals surface area contributed by atoms with E-state index in [9.17, 15) is 9.90 Å². The quantitative estimate of drug-likeness (QED) is 0.852. The third kappa shape index (κ3) is 2.52. The molecule has 4 nitrogen and oxygen atoms in total. The Bertz CT molecular complexity index is 403. The van der Waals surface area contributed by atoms with Crippen LogP contribution in [0.4, 0.5) is 0 Å². The minimum atomic E-state index is -0.261. The van der Waals surface area contributed by atoms with E-state index in [2.05, 4.69) is 0 Å². The van der Waals surface area contributed by atoms with Crippen molar-refractivity contribution in [1.82, 2.24) is 4.90 Å². The molecule has 4 heteroatoms. The summed E-state index contributed by atoms with van der Waals surface area (Å²) in [6, 6.07) is 1.81. The molecule has 1 aromatic rings. The number of carbonyl (C=O) groups is 1. The van der Waals surface area contributed by atoms with E-state index >= 15 is 0 Å². The standard InChI is InChI=1S/C13H19NO3/c1-3-11-9(2)8-12(17-11)13(16)14-6-4-10(15)5-7-14/h8,10,15H,3-7H2,1-2H3. The number of aryl methyl sites for hydroxylation is 2. The summed E-state index contributed by atoms with van der Waals surface area (Å²) < 4.78 is 5.55. The van der Waals surface area contributed by atoms with Gasteiger partial charge in [-0.05, 0) is 31.4 Å². The van der Waals surface area contributed by atoms with Gasteiger partial charge in [0.2, 0.25) is 0 Å². The molecular formula is C13H19NO3. The summed E-state index contributed by atoms with van der Waals surface area (Å²) in [5, 5.41) is 9.40. The van der Waals surface area contributed by atoms with Gasteiger partial charge < -0.3 is 14.4 Å². The first-order chi connectivity index (χ1) is 8.11. The van der Waals surface area contributed by atoms with Crippen molar-refractivity contribution in [2.45, 2.75) is 39.2 Å². The zero-order chi connectivity index (χ0) is 12.4. The first kappa shape index (κ1) is 12.2. The molecule has 94 valence electrons. The van der Waals surface area contributed by atoms with Gasteiger partial charge >= 0.3 is 0 Å². The summed E-state index contributed by atoms with van der Waals surface area (Å²) in [5.41, 5.74) is 1.04. The van der Waals surface area contributed by atoms with Crippen LogP contribution in [0, 0.1) is 6.92 Å². The molecule has 1 saturated heterocycles. The Hall–Kier alpha value is -1.29. The molecule has 0 atom stereocenters. The average Bonchev–Trinajstić information content (AvgIpc) is 2.70. The molecule has 2 rings (SSSR count). The molecule has 0 spiro atoms. The number of hydrogen-bond donors (Lipinski definition) is 1. The van der Waals surface area contributed by atoms with Crippen molar-refractivity contribution in [3.8, 4) is 0 Å². The van der Waals surface area contributed by atoms with Gasteiger partial charge in [0, 0.05) is 19.5 Å². The van der Waals surface area contributed by atoms with Crippen molar-refractivity contribution in [2.75, 3.05) is 13.1 Å². The highest BCUT2D eigenvalue weighted by atomic mass is 16.4. The Kier molecular flexibility index (Phi) is 3.52. The Balaban J connectivity index is 2.08. The average molecular weight is 237 g/mol. The minimum Gasteiger partial charge on any atom is -0.456 e. The number of rotatable bonds is 2. The van der Waals surface area contributed by atoms with Crippen LogP contribution >= 0.6 is 0 Å². The van der Waals surface area contributed by atoms with Crippen molar-refractivity contribution >= 4 is 5.91 Å². The second kappa shape index (κ2) is 4.92. The Labute approximate surface area is 101 Å². The summed E-state index contributed by atoms with van der Waals surface area (Å²) in [4.78, 5) is 13.9. The van der Waals surface area contributed by atoms with Crippen LogP contribution in [0.2, 0.25) is 0 Å². The lowest BCUT2D eigenvalue weighted by atomic mass is 10.1. The Morgan fingerprint density at radius 3 is 2.71 bits per heavy atom. The maximum absolute atomic E-state index is 12.1. The highest BCUT2D eigenvalue weighted by molar-refractivity contribution is 5.91. The van der Waals surface area contributed by atoms with E-state index in [1.54, 1.807) is 4.90 Å². The number of carbonyl (C=O) groups excluding carboxylic acids is 1. The highest BCUT2D eigenvalue weighted by Gasteiger charge is 2.24. The maximum Gasteiger partial charge on any atom is 0.289 e. The van der Waals surface area contributed by atoms with Crippen molar-refractivity contribution in [1.29, 1.82) is 0 Å². The fraction of sp³-hybridized carbons (Fsp3) is 0.615. The molecule has 1 aromatic heterocycles. The van der Waals surface area contributed by atoms with Gasteiger partial charge in [-0.15, -0.1) is 0 Å². The van der Waals surface area contributed by atoms with E-state index in [0.29, 0.717) is 31.7 Å². The van der Waals surface area contributed by atoms with E-state index in [-0.39, 0.29) is 12.0 Å². The van der Waals surface area contributed by atoms with Gasteiger partial charge in [0.1, 0.15) is 5.76 Å². The monoisotopic (exact) mass is 237 g/mol. The predicted molar refractivity (Wildman–Crippen MR) is 64.0 cm³/mol. The van der Waals surface area contributed by atoms with Crippen LogP contribution in [0.5, 0.6) is 0 Å². The van der Waals surface area contributed by atoms with Crippen molar-refractivity contribution < 1.29 is 14.3 Å². The Morgan fingerprint density at radius 1 is 1.53 bits per heavy atom. The third-order valence-corrected chi connectivity index (χ3v) is 3.30. The first-order valence-corrected chi connectivity index (χ1v) is 6.18. The minimum absolute atomic E-state index is 0.0558. The summed E-state index contributed by atoms with van der Waals surface area (Å²) >= 11 is 0. The normalized spacial score (nSPS) is 17.5. The molecule has 0 aromatic carbocycles. The van der Waals surface area contributed by atoms with Crippen LogP contribution in [0.25, 0.3) is 0 Å². The number of aliphatic hydroxyl groups is 1. The van der Waals surface area contributed by atoms with E-state index < -0.39 is 0 Å². The van der Waals surface area contributed by atoms with Gasteiger partial charge in [-0.1, -0.05) is 6.92 Å². The fourth-order valence-corrected chi connectivity index (χ4v) is 2.20. The van der Waals surface area contributed by atoms with Crippen molar-refractivity contribution in [3.63, 3.8) is 0 Å². The second-order valence-electron chi connectivity index (χ2n) is 4.59. The number of piperidine rings is 1. The van der Waals surface area contributed by atoms with Crippen molar-refractivity contribution in [2.24, 2.45) is 0 Å². The molecule has 0 saturated carbocycles. The van der Waals surface area contributed by atoms with Crippen LogP contribution < -0.4 is 0 Å². The molecule has 0 unspecified atom stereocenters. The summed E-state index contributed by atoms with van der Waals surface area (Å²) in [5.74, 6) is 1.25. The molecule has 1 aliphatic rings. The molecule has 1 amide bonds. The molecule has 17 heavy (non-hydrogen) atoms. The lowest BCUT2D eigenvalue weighted by molar-refractivity contribution is 0.0518. The number of hydrogen-bond acceptors (Lipinski definition) is 3. The van der Waals surface area contributed by atoms with Crippen molar-refractivity contribution in [3.05, 3.63) is 23.2 Å². The SMILES string of the molecule is CCc1oc(C(=O)N2CCC(O)CC2)cc1C. The van der Waals surface area contributed by atoms with E-state index in [1.165, 1.54) is 0 Å². The highest BCUT2D eigenvalue weighted by Crippen LogP contribution is 2.19. The molecule has 1 N–H and O–H groups in total. The summed E-state index contributed by atoms with van der Waals surface area (Å²) in [6.07, 6.45) is 1.86. The summed E-state index contributed by atoms with van der Waals surface area (Å²) in [6.45, 7) is 5.19. The van der Waals surface area contributed by atoms with E-state index in [1.807, 2.05) is 19.9 Å². The number of amides is 1. The van der Waals surface area contributed by atoms with Gasteiger partial charge in [0.05, 0.1) is 6.10 Å². The van der Waals surface area contributed by atoms with Crippen LogP contribution in [0.3, 0.4) is 0 Å². The van der Waals surface area contributed by atoms with Gasteiger partial charge in [0.25, 0.3) is 5.91 Å². The van der Waals surface area contributed by atoms with E-state index in [4.69, 9.17) is 4.42 Å². The molecule has 0 radical (unpaired) electrons. The number of aliphatic hydroxyl groups excluding tert-OH is 1. The van der Waals surface area contributed by atoms with Gasteiger partial charge in [-0.2, -0.15) is 0 Å². The number of likely N-dealkylation sites (tertiary alicyclic amines) is 1. The van der Waals surface area contributed by atoms with E-state index in [0.717, 1.165) is 17.7 Å². The molecule has 0 aliphatic carbocycles. The van der Waals surface area contributed by atoms with Gasteiger partial charge in [0.15, 0.2) is 5.76 Å². The Morgan fingerprint density at radius 2 is 2.18 bits per heavy atom. The fourth-order valence-electron chi connectivity index (χ4n) is 2.20. The number of furan rings is 1. The second-order valence-corrected chi connectivity index (χ2v) is 4.59. The smallest absolute Gasteiger partial charge is 0.289 e. The zero-order valence-electron chi connectivity index (χ0n) is 10.4. The topological polar surface area (TPSA) is 53.7 Å². The lowest BCUT2D eigenvalue weighted by Crippen LogP contribution is -2.39. The van der Waals surface area contributed by atoms with Gasteiger partial charge in [-0.25, -0.2) is 0 Å². The number of nitrogens with zero attached hydrogens (tertiary/aromatic N) is 1. The van der Waals surface area contributed by atoms with Gasteiger partial charge in [-0.3, -0.25) is 4.79 Å². The maximum atomic E-state index is 12.1. The largest absolute Gasteiger partial charge is 0.456 e. The molecule has 1 fully saturated rings. The molecule has 2 heterocycles. The molecule has 0 bridgehead atoms. The summed E-state index contributed by atoms with van der Waals surface area (Å²) in [7, 11) is 0.